The number of hydrogen-bond acceptors (Lipinski definition) is 5. The molecule has 0 aliphatic carbocycles. The average molecular weight is 441 g/mol. The van der Waals surface area contributed by atoms with Crippen LogP contribution in [0.4, 0.5) is 0 Å². The van der Waals surface area contributed by atoms with E-state index in [9.17, 15) is 13.2 Å². The number of rotatable bonds is 7. The highest BCUT2D eigenvalue weighted by atomic mass is 32.2. The van der Waals surface area contributed by atoms with Crippen molar-refractivity contribution in [3.63, 3.8) is 0 Å². The number of amides is 1. The molecule has 0 bridgehead atoms. The van der Waals surface area contributed by atoms with E-state index in [1.54, 1.807) is 18.3 Å². The molecule has 31 heavy (non-hydrogen) atoms. The second kappa shape index (κ2) is 9.42. The summed E-state index contributed by atoms with van der Waals surface area (Å²) in [6, 6.07) is 15.9. The molecule has 2 aromatic carbocycles. The average Bonchev–Trinajstić information content (AvgIpc) is 3.32. The maximum absolute atomic E-state index is 12.8. The largest absolute Gasteiger partial charge is 0.379 e. The summed E-state index contributed by atoms with van der Waals surface area (Å²) < 4.78 is 34.1. The van der Waals surface area contributed by atoms with Crippen molar-refractivity contribution in [2.45, 2.75) is 18.0 Å². The molecule has 8 nitrogen and oxygen atoms in total. The zero-order valence-corrected chi connectivity index (χ0v) is 17.8. The molecule has 1 fully saturated rings. The molecule has 1 aromatic heterocycles. The van der Waals surface area contributed by atoms with E-state index < -0.39 is 10.0 Å². The highest BCUT2D eigenvalue weighted by Crippen LogP contribution is 2.18. The minimum Gasteiger partial charge on any atom is -0.379 e. The van der Waals surface area contributed by atoms with Crippen molar-refractivity contribution < 1.29 is 17.9 Å². The lowest BCUT2D eigenvalue weighted by atomic mass is 10.1. The van der Waals surface area contributed by atoms with Gasteiger partial charge >= 0.3 is 0 Å². The molecule has 0 saturated carbocycles. The summed E-state index contributed by atoms with van der Waals surface area (Å²) in [7, 11) is -3.65. The summed E-state index contributed by atoms with van der Waals surface area (Å²) >= 11 is 0. The first-order chi connectivity index (χ1) is 15.0. The normalized spacial score (nSPS) is 15.0. The Balaban J connectivity index is 1.38. The summed E-state index contributed by atoms with van der Waals surface area (Å²) in [5.41, 5.74) is 2.37. The molecule has 1 N–H and O–H groups in total. The van der Waals surface area contributed by atoms with Crippen LogP contribution in [0, 0.1) is 0 Å². The zero-order valence-electron chi connectivity index (χ0n) is 17.0. The topological polar surface area (TPSA) is 93.5 Å². The van der Waals surface area contributed by atoms with Crippen LogP contribution in [0.5, 0.6) is 0 Å². The number of hydrogen-bond donors (Lipinski definition) is 1. The number of benzene rings is 2. The van der Waals surface area contributed by atoms with Crippen molar-refractivity contribution in [3.8, 4) is 0 Å². The number of aromatic nitrogens is 2. The second-order valence-corrected chi connectivity index (χ2v) is 9.19. The molecular formula is C22H24N4O4S. The molecule has 1 amide bonds. The smallest absolute Gasteiger partial charge is 0.251 e. The van der Waals surface area contributed by atoms with Gasteiger partial charge in [0.05, 0.1) is 24.7 Å². The highest BCUT2D eigenvalue weighted by Gasteiger charge is 2.26. The molecule has 2 heterocycles. The zero-order chi connectivity index (χ0) is 21.7. The molecule has 4 rings (SSSR count). The van der Waals surface area contributed by atoms with Gasteiger partial charge in [0.15, 0.2) is 0 Å². The van der Waals surface area contributed by atoms with Crippen LogP contribution in [0.2, 0.25) is 0 Å². The van der Waals surface area contributed by atoms with Crippen LogP contribution in [0.3, 0.4) is 0 Å². The van der Waals surface area contributed by atoms with Crippen LogP contribution >= 0.6 is 0 Å². The molecule has 1 aliphatic heterocycles. The van der Waals surface area contributed by atoms with E-state index in [4.69, 9.17) is 4.74 Å². The Morgan fingerprint density at radius 3 is 2.48 bits per heavy atom. The van der Waals surface area contributed by atoms with Gasteiger partial charge in [0.2, 0.25) is 10.0 Å². The quantitative estimate of drug-likeness (QED) is 0.606. The van der Waals surface area contributed by atoms with E-state index in [0.29, 0.717) is 45.0 Å². The number of nitrogens with one attached hydrogen (secondary N) is 1. The van der Waals surface area contributed by atoms with E-state index in [1.165, 1.54) is 16.4 Å². The van der Waals surface area contributed by atoms with E-state index in [-0.39, 0.29) is 10.8 Å². The SMILES string of the molecule is O=C(NCc1ccc(Cn2cccn2)cc1)c1cccc(S(=O)(=O)N2CCOCC2)c1. The van der Waals surface area contributed by atoms with Crippen molar-refractivity contribution >= 4 is 15.9 Å². The minimum absolute atomic E-state index is 0.116. The molecular weight excluding hydrogens is 416 g/mol. The number of carbonyl (C=O) groups is 1. The van der Waals surface area contributed by atoms with Gasteiger partial charge in [-0.2, -0.15) is 9.40 Å². The molecule has 0 unspecified atom stereocenters. The third-order valence-electron chi connectivity index (χ3n) is 5.08. The fraction of sp³-hybridized carbons (Fsp3) is 0.273. The first-order valence-electron chi connectivity index (χ1n) is 10.0. The van der Waals surface area contributed by atoms with Crippen LogP contribution in [0.1, 0.15) is 21.5 Å². The number of ether oxygens (including phenoxy) is 1. The lowest BCUT2D eigenvalue weighted by molar-refractivity contribution is 0.0730. The predicted octanol–water partition coefficient (Wildman–Crippen LogP) is 1.88. The fourth-order valence-corrected chi connectivity index (χ4v) is 4.82. The van der Waals surface area contributed by atoms with Crippen LogP contribution in [0.15, 0.2) is 71.9 Å². The second-order valence-electron chi connectivity index (χ2n) is 7.25. The summed E-state index contributed by atoms with van der Waals surface area (Å²) in [5.74, 6) is -0.320. The lowest BCUT2D eigenvalue weighted by Crippen LogP contribution is -2.40. The third kappa shape index (κ3) is 5.19. The summed E-state index contributed by atoms with van der Waals surface area (Å²) in [4.78, 5) is 12.7. The molecule has 3 aromatic rings. The monoisotopic (exact) mass is 440 g/mol. The Labute approximate surface area is 181 Å². The van der Waals surface area contributed by atoms with Gasteiger partial charge in [0.1, 0.15) is 0 Å². The standard InChI is InChI=1S/C22H24N4O4S/c27-22(23-16-18-5-7-19(8-6-18)17-25-10-2-9-24-25)20-3-1-4-21(15-20)31(28,29)26-11-13-30-14-12-26/h1-10,15H,11-14,16-17H2,(H,23,27). The molecule has 0 radical (unpaired) electrons. The van der Waals surface area contributed by atoms with E-state index in [1.807, 2.05) is 41.2 Å². The van der Waals surface area contributed by atoms with Crippen molar-refractivity contribution in [2.24, 2.45) is 0 Å². The first-order valence-corrected chi connectivity index (χ1v) is 11.5. The van der Waals surface area contributed by atoms with Gasteiger partial charge in [-0.3, -0.25) is 9.48 Å². The molecule has 1 saturated heterocycles. The third-order valence-corrected chi connectivity index (χ3v) is 6.98. The minimum atomic E-state index is -3.65. The number of morpholine rings is 1. The van der Waals surface area contributed by atoms with Crippen LogP contribution < -0.4 is 5.32 Å². The Morgan fingerprint density at radius 2 is 1.77 bits per heavy atom. The molecule has 1 aliphatic rings. The molecule has 9 heteroatoms. The van der Waals surface area contributed by atoms with Crippen LogP contribution in [-0.2, 0) is 27.8 Å². The van der Waals surface area contributed by atoms with Gasteiger partial charge in [0.25, 0.3) is 5.91 Å². The summed E-state index contributed by atoms with van der Waals surface area (Å²) in [6.07, 6.45) is 3.65. The van der Waals surface area contributed by atoms with Crippen LogP contribution in [0.25, 0.3) is 0 Å². The number of nitrogens with zero attached hydrogens (tertiary/aromatic N) is 3. The Hall–Kier alpha value is -3.01. The fourth-order valence-electron chi connectivity index (χ4n) is 3.36. The van der Waals surface area contributed by atoms with Crippen LogP contribution in [-0.4, -0.2) is 54.7 Å². The van der Waals surface area contributed by atoms with Crippen molar-refractivity contribution in [3.05, 3.63) is 83.7 Å². The van der Waals surface area contributed by atoms with E-state index in [0.717, 1.165) is 11.1 Å². The maximum atomic E-state index is 12.8. The molecule has 162 valence electrons. The van der Waals surface area contributed by atoms with Crippen molar-refractivity contribution in [1.82, 2.24) is 19.4 Å². The van der Waals surface area contributed by atoms with Gasteiger partial charge in [-0.05, 0) is 35.4 Å². The lowest BCUT2D eigenvalue weighted by Gasteiger charge is -2.26. The molecule has 0 spiro atoms. The molecule has 0 atom stereocenters. The van der Waals surface area contributed by atoms with E-state index in [2.05, 4.69) is 10.4 Å². The van der Waals surface area contributed by atoms with Gasteiger partial charge in [-0.25, -0.2) is 8.42 Å². The van der Waals surface area contributed by atoms with Gasteiger partial charge in [0, 0.05) is 37.6 Å². The first kappa shape index (κ1) is 21.2. The van der Waals surface area contributed by atoms with Gasteiger partial charge < -0.3 is 10.1 Å². The Morgan fingerprint density at radius 1 is 1.03 bits per heavy atom. The predicted molar refractivity (Wildman–Crippen MR) is 115 cm³/mol. The van der Waals surface area contributed by atoms with Gasteiger partial charge in [-0.15, -0.1) is 0 Å². The maximum Gasteiger partial charge on any atom is 0.251 e. The van der Waals surface area contributed by atoms with Crippen molar-refractivity contribution in [2.75, 3.05) is 26.3 Å². The number of sulfonamides is 1. The van der Waals surface area contributed by atoms with Gasteiger partial charge in [-0.1, -0.05) is 30.3 Å². The number of carbonyl (C=O) groups excluding carboxylic acids is 1. The Bertz CT molecular complexity index is 1120. The Kier molecular flexibility index (Phi) is 6.45. The van der Waals surface area contributed by atoms with Crippen molar-refractivity contribution in [1.29, 1.82) is 0 Å². The summed E-state index contributed by atoms with van der Waals surface area (Å²) in [5, 5.41) is 7.04. The highest BCUT2D eigenvalue weighted by molar-refractivity contribution is 7.89. The van der Waals surface area contributed by atoms with E-state index >= 15 is 0 Å². The summed E-state index contributed by atoms with van der Waals surface area (Å²) in [6.45, 7) is 2.41.